The Bertz CT molecular complexity index is 253. The molecule has 0 aliphatic heterocycles. The van der Waals surface area contributed by atoms with Gasteiger partial charge in [0.2, 0.25) is 0 Å². The van der Waals surface area contributed by atoms with E-state index in [4.69, 9.17) is 4.74 Å². The second-order valence-corrected chi connectivity index (χ2v) is 6.89. The van der Waals surface area contributed by atoms with E-state index in [1.165, 1.54) is 0 Å². The Kier molecular flexibility index (Phi) is 11.0. The van der Waals surface area contributed by atoms with Crippen LogP contribution in [0.1, 0.15) is 52.9 Å². The van der Waals surface area contributed by atoms with Crippen LogP contribution < -0.4 is 0 Å². The molecule has 0 aliphatic rings. The Balaban J connectivity index is 4.50. The molecule has 0 saturated carbocycles. The van der Waals surface area contributed by atoms with Crippen molar-refractivity contribution in [3.8, 4) is 0 Å². The summed E-state index contributed by atoms with van der Waals surface area (Å²) < 4.78 is 6.16. The van der Waals surface area contributed by atoms with Crippen molar-refractivity contribution in [3.63, 3.8) is 0 Å². The fourth-order valence-corrected chi connectivity index (χ4v) is 4.56. The van der Waals surface area contributed by atoms with Gasteiger partial charge in [0.15, 0.2) is 0 Å². The summed E-state index contributed by atoms with van der Waals surface area (Å²) >= 11 is 0.520. The normalized spacial score (nSPS) is 14.1. The average Bonchev–Trinajstić information content (AvgIpc) is 2.35. The predicted molar refractivity (Wildman–Crippen MR) is 67.9 cm³/mol. The van der Waals surface area contributed by atoms with Gasteiger partial charge in [-0.3, -0.25) is 0 Å². The van der Waals surface area contributed by atoms with Crippen molar-refractivity contribution in [2.24, 2.45) is 11.8 Å². The molecule has 0 fully saturated rings. The summed E-state index contributed by atoms with van der Waals surface area (Å²) in [6.07, 6.45) is 4.13. The van der Waals surface area contributed by atoms with Gasteiger partial charge in [-0.15, -0.1) is 0 Å². The maximum absolute atomic E-state index is 12.0. The molecule has 0 N–H and O–H groups in total. The SMILES string of the molecule is CCCCOC(=O)[C@H]([CH2][Hg])[C@H](CC)C(=O)CCC. The van der Waals surface area contributed by atoms with E-state index in [0.29, 0.717) is 39.1 Å². The molecule has 0 spiro atoms. The van der Waals surface area contributed by atoms with Gasteiger partial charge in [-0.05, 0) is 0 Å². The predicted octanol–water partition coefficient (Wildman–Crippen LogP) is 3.31. The molecule has 0 unspecified atom stereocenters. The van der Waals surface area contributed by atoms with Gasteiger partial charge in [0.25, 0.3) is 0 Å². The van der Waals surface area contributed by atoms with Crippen LogP contribution in [0, 0.1) is 11.8 Å². The number of Topliss-reactive ketones (excluding diaryl/α,β-unsaturated/α-hetero) is 1. The van der Waals surface area contributed by atoms with Crippen molar-refractivity contribution in [1.29, 1.82) is 0 Å². The summed E-state index contributed by atoms with van der Waals surface area (Å²) in [5, 5.41) is 0. The first-order valence-corrected chi connectivity index (χ1v) is 11.0. The van der Waals surface area contributed by atoms with Crippen molar-refractivity contribution < 1.29 is 40.4 Å². The van der Waals surface area contributed by atoms with Crippen molar-refractivity contribution in [2.75, 3.05) is 6.61 Å². The molecule has 2 atom stereocenters. The Labute approximate surface area is 127 Å². The Hall–Kier alpha value is 0.0751. The van der Waals surface area contributed by atoms with Crippen LogP contribution in [0.25, 0.3) is 0 Å². The zero-order chi connectivity index (χ0) is 14.0. The van der Waals surface area contributed by atoms with Crippen LogP contribution in [0.15, 0.2) is 0 Å². The molecule has 0 bridgehead atoms. The number of carbonyl (C=O) groups is 2. The number of hydrogen-bond donors (Lipinski definition) is 0. The Morgan fingerprint density at radius 3 is 2.22 bits per heavy atom. The molecular weight excluding hydrogens is 417 g/mol. The van der Waals surface area contributed by atoms with Gasteiger partial charge in [-0.25, -0.2) is 0 Å². The molecule has 0 heterocycles. The van der Waals surface area contributed by atoms with Gasteiger partial charge in [0.1, 0.15) is 0 Å². The van der Waals surface area contributed by atoms with Crippen LogP contribution in [0.3, 0.4) is 0 Å². The van der Waals surface area contributed by atoms with Gasteiger partial charge in [-0.2, -0.15) is 0 Å². The van der Waals surface area contributed by atoms with Gasteiger partial charge in [0, 0.05) is 0 Å². The number of hydrogen-bond acceptors (Lipinski definition) is 3. The maximum atomic E-state index is 12.0. The molecule has 0 radical (unpaired) electrons. The standard InChI is InChI=1S/C14H25O3.Hg/c1-5-8-10-17-14(16)11(4)12(7-3)13(15)9-6-2;/h11-12H,4-10H2,1-3H3;/t11-,12+;/m1./s1. The second-order valence-electron chi connectivity index (χ2n) is 4.65. The van der Waals surface area contributed by atoms with Crippen LogP contribution in [0.5, 0.6) is 0 Å². The topological polar surface area (TPSA) is 43.4 Å². The number of esters is 1. The number of ether oxygens (including phenoxy) is 1. The fourth-order valence-electron chi connectivity index (χ4n) is 2.08. The molecule has 0 aromatic rings. The number of rotatable bonds is 10. The minimum absolute atomic E-state index is 0.114. The van der Waals surface area contributed by atoms with Crippen LogP contribution >= 0.6 is 0 Å². The van der Waals surface area contributed by atoms with Crippen molar-refractivity contribution >= 4 is 11.8 Å². The molecule has 101 valence electrons. The third-order valence-corrected chi connectivity index (χ3v) is 5.61. The van der Waals surface area contributed by atoms with Crippen LogP contribution in [0.4, 0.5) is 0 Å². The Morgan fingerprint density at radius 1 is 1.11 bits per heavy atom. The van der Waals surface area contributed by atoms with Gasteiger partial charge < -0.3 is 0 Å². The van der Waals surface area contributed by atoms with Gasteiger partial charge in [-0.1, -0.05) is 0 Å². The van der Waals surface area contributed by atoms with Crippen molar-refractivity contribution in [2.45, 2.75) is 56.8 Å². The summed E-state index contributed by atoms with van der Waals surface area (Å²) in [5.41, 5.74) is 0. The van der Waals surface area contributed by atoms with E-state index in [2.05, 4.69) is 6.92 Å². The van der Waals surface area contributed by atoms with E-state index in [9.17, 15) is 9.59 Å². The third-order valence-electron chi connectivity index (χ3n) is 3.19. The summed E-state index contributed by atoms with van der Waals surface area (Å²) in [7, 11) is 0. The molecule has 0 amide bonds. The van der Waals surface area contributed by atoms with Crippen LogP contribution in [-0.4, -0.2) is 18.4 Å². The molecule has 0 aliphatic carbocycles. The monoisotopic (exact) mass is 443 g/mol. The van der Waals surface area contributed by atoms with Gasteiger partial charge in [0.05, 0.1) is 0 Å². The van der Waals surface area contributed by atoms with Crippen LogP contribution in [0.2, 0.25) is 3.93 Å². The molecule has 0 aromatic heterocycles. The summed E-state index contributed by atoms with van der Waals surface area (Å²) in [6, 6.07) is 0. The second kappa shape index (κ2) is 10.9. The molecular formula is C14H25HgO3. The van der Waals surface area contributed by atoms with E-state index < -0.39 is 0 Å². The molecule has 0 saturated heterocycles. The van der Waals surface area contributed by atoms with E-state index in [0.717, 1.165) is 29.6 Å². The van der Waals surface area contributed by atoms with E-state index in [1.807, 2.05) is 13.8 Å². The molecule has 18 heavy (non-hydrogen) atoms. The van der Waals surface area contributed by atoms with E-state index >= 15 is 0 Å². The molecule has 3 nitrogen and oxygen atoms in total. The zero-order valence-electron chi connectivity index (χ0n) is 12.0. The van der Waals surface area contributed by atoms with Crippen LogP contribution in [-0.2, 0) is 40.4 Å². The van der Waals surface area contributed by atoms with Crippen molar-refractivity contribution in [3.05, 3.63) is 0 Å². The van der Waals surface area contributed by atoms with E-state index in [-0.39, 0.29) is 23.6 Å². The summed E-state index contributed by atoms with van der Waals surface area (Å²) in [4.78, 5) is 24.0. The Morgan fingerprint density at radius 2 is 1.78 bits per heavy atom. The first-order chi connectivity index (χ1) is 8.62. The number of carbonyl (C=O) groups excluding carboxylic acids is 2. The molecule has 0 aromatic carbocycles. The number of ketones is 1. The third kappa shape index (κ3) is 6.30. The van der Waals surface area contributed by atoms with E-state index in [1.54, 1.807) is 0 Å². The average molecular weight is 442 g/mol. The number of unbranched alkanes of at least 4 members (excludes halogenated alkanes) is 1. The van der Waals surface area contributed by atoms with Gasteiger partial charge >= 0.3 is 127 Å². The minimum atomic E-state index is -0.172. The first kappa shape index (κ1) is 18.1. The molecule has 4 heteroatoms. The molecule has 0 rings (SSSR count). The fraction of sp³-hybridized carbons (Fsp3) is 0.857. The zero-order valence-corrected chi connectivity index (χ0v) is 17.5. The quantitative estimate of drug-likeness (QED) is 0.297. The van der Waals surface area contributed by atoms with Crippen molar-refractivity contribution in [1.82, 2.24) is 0 Å². The summed E-state index contributed by atoms with van der Waals surface area (Å²) in [6.45, 7) is 6.57. The first-order valence-electron chi connectivity index (χ1n) is 7.10. The summed E-state index contributed by atoms with van der Waals surface area (Å²) in [5.74, 6) is -0.191.